The molecule has 21 heavy (non-hydrogen) atoms. The Morgan fingerprint density at radius 3 is 2.76 bits per heavy atom. The first-order valence-corrected chi connectivity index (χ1v) is 6.17. The fourth-order valence-electron chi connectivity index (χ4n) is 1.84. The second kappa shape index (κ2) is 5.98. The van der Waals surface area contributed by atoms with Crippen LogP contribution in [0.1, 0.15) is 12.8 Å². The molecule has 114 valence electrons. The molecule has 9 heteroatoms. The summed E-state index contributed by atoms with van der Waals surface area (Å²) in [6.07, 6.45) is -5.15. The number of halogens is 3. The third kappa shape index (κ3) is 3.83. The number of hydrogen-bond acceptors (Lipinski definition) is 5. The maximum absolute atomic E-state index is 12.2. The quantitative estimate of drug-likeness (QED) is 0.857. The number of tetrazole rings is 1. The van der Waals surface area contributed by atoms with Crippen LogP contribution in [0.4, 0.5) is 18.9 Å². The minimum absolute atomic E-state index is 0.0779. The second-order valence-corrected chi connectivity index (χ2v) is 4.40. The van der Waals surface area contributed by atoms with Crippen molar-refractivity contribution in [3.05, 3.63) is 18.2 Å². The number of methoxy groups -OCH3 is 1. The van der Waals surface area contributed by atoms with E-state index in [1.165, 1.54) is 11.8 Å². The highest BCUT2D eigenvalue weighted by Gasteiger charge is 2.26. The molecule has 0 spiro atoms. The van der Waals surface area contributed by atoms with Crippen LogP contribution in [-0.4, -0.2) is 33.5 Å². The number of nitrogens with zero attached hydrogens (tertiary/aromatic N) is 4. The highest BCUT2D eigenvalue weighted by atomic mass is 19.4. The van der Waals surface area contributed by atoms with E-state index >= 15 is 0 Å². The van der Waals surface area contributed by atoms with Gasteiger partial charge in [0.05, 0.1) is 12.8 Å². The number of aromatic nitrogens is 4. The Kier molecular flexibility index (Phi) is 4.29. The SMILES string of the molecule is COc1cc(-c2nnnn2CCCC(F)(F)F)ccc1N. The molecule has 2 rings (SSSR count). The molecule has 1 aromatic heterocycles. The lowest BCUT2D eigenvalue weighted by molar-refractivity contribution is -0.136. The molecular formula is C12H14F3N5O. The number of nitrogen functional groups attached to an aromatic ring is 1. The van der Waals surface area contributed by atoms with Crippen LogP contribution < -0.4 is 10.5 Å². The number of aryl methyl sites for hydroxylation is 1. The summed E-state index contributed by atoms with van der Waals surface area (Å²) in [5.74, 6) is 0.827. The van der Waals surface area contributed by atoms with Crippen molar-refractivity contribution in [2.75, 3.05) is 12.8 Å². The van der Waals surface area contributed by atoms with Gasteiger partial charge in [-0.15, -0.1) is 5.10 Å². The molecule has 2 N–H and O–H groups in total. The number of ether oxygens (including phenoxy) is 1. The summed E-state index contributed by atoms with van der Waals surface area (Å²) in [7, 11) is 1.47. The number of alkyl halides is 3. The van der Waals surface area contributed by atoms with E-state index < -0.39 is 12.6 Å². The van der Waals surface area contributed by atoms with Crippen LogP contribution >= 0.6 is 0 Å². The van der Waals surface area contributed by atoms with Gasteiger partial charge < -0.3 is 10.5 Å². The first-order chi connectivity index (χ1) is 9.90. The van der Waals surface area contributed by atoms with Crippen molar-refractivity contribution in [2.45, 2.75) is 25.6 Å². The van der Waals surface area contributed by atoms with Crippen LogP contribution in [-0.2, 0) is 6.54 Å². The molecule has 0 saturated carbocycles. The summed E-state index contributed by atoms with van der Waals surface area (Å²) in [6, 6.07) is 4.95. The van der Waals surface area contributed by atoms with Crippen molar-refractivity contribution >= 4 is 5.69 Å². The molecule has 0 aliphatic rings. The van der Waals surface area contributed by atoms with Crippen LogP contribution in [0, 0.1) is 0 Å². The lowest BCUT2D eigenvalue weighted by Gasteiger charge is -2.09. The highest BCUT2D eigenvalue weighted by Crippen LogP contribution is 2.28. The maximum Gasteiger partial charge on any atom is 0.389 e. The minimum atomic E-state index is -4.18. The average molecular weight is 301 g/mol. The minimum Gasteiger partial charge on any atom is -0.495 e. The zero-order chi connectivity index (χ0) is 15.5. The predicted octanol–water partition coefficient (Wildman–Crippen LogP) is 2.27. The number of rotatable bonds is 5. The van der Waals surface area contributed by atoms with Gasteiger partial charge in [-0.2, -0.15) is 13.2 Å². The van der Waals surface area contributed by atoms with Crippen molar-refractivity contribution in [3.63, 3.8) is 0 Å². The largest absolute Gasteiger partial charge is 0.495 e. The molecule has 0 unspecified atom stereocenters. The van der Waals surface area contributed by atoms with Crippen molar-refractivity contribution in [3.8, 4) is 17.1 Å². The van der Waals surface area contributed by atoms with E-state index in [4.69, 9.17) is 10.5 Å². The van der Waals surface area contributed by atoms with E-state index in [-0.39, 0.29) is 13.0 Å². The van der Waals surface area contributed by atoms with E-state index in [1.807, 2.05) is 0 Å². The molecule has 0 bridgehead atoms. The lowest BCUT2D eigenvalue weighted by Crippen LogP contribution is -2.10. The maximum atomic E-state index is 12.2. The second-order valence-electron chi connectivity index (χ2n) is 4.40. The van der Waals surface area contributed by atoms with Gasteiger partial charge in [-0.1, -0.05) is 0 Å². The Bertz CT molecular complexity index is 611. The molecule has 0 atom stereocenters. The average Bonchev–Trinajstić information content (AvgIpc) is 2.86. The van der Waals surface area contributed by atoms with Crippen LogP contribution in [0.15, 0.2) is 18.2 Å². The Hall–Kier alpha value is -2.32. The van der Waals surface area contributed by atoms with E-state index in [0.717, 1.165) is 0 Å². The molecule has 1 aromatic carbocycles. The lowest BCUT2D eigenvalue weighted by atomic mass is 10.1. The number of nitrogens with two attached hydrogens (primary N) is 1. The van der Waals surface area contributed by atoms with Crippen LogP contribution in [0.3, 0.4) is 0 Å². The summed E-state index contributed by atoms with van der Waals surface area (Å²) < 4.78 is 42.9. The van der Waals surface area contributed by atoms with E-state index in [9.17, 15) is 13.2 Å². The molecular weight excluding hydrogens is 287 g/mol. The van der Waals surface area contributed by atoms with Crippen molar-refractivity contribution < 1.29 is 17.9 Å². The number of benzene rings is 1. The fraction of sp³-hybridized carbons (Fsp3) is 0.417. The van der Waals surface area contributed by atoms with Gasteiger partial charge in [0.2, 0.25) is 0 Å². The smallest absolute Gasteiger partial charge is 0.389 e. The van der Waals surface area contributed by atoms with Gasteiger partial charge in [-0.05, 0) is 35.0 Å². The van der Waals surface area contributed by atoms with Crippen LogP contribution in [0.2, 0.25) is 0 Å². The summed E-state index contributed by atoms with van der Waals surface area (Å²) >= 11 is 0. The molecule has 0 radical (unpaired) electrons. The monoisotopic (exact) mass is 301 g/mol. The topological polar surface area (TPSA) is 78.9 Å². The standard InChI is InChI=1S/C12H14F3N5O/c1-21-10-7-8(3-4-9(10)16)11-17-18-19-20(11)6-2-5-12(13,14)15/h3-4,7H,2,5-6,16H2,1H3. The molecule has 2 aromatic rings. The Morgan fingerprint density at radius 2 is 2.10 bits per heavy atom. The first-order valence-electron chi connectivity index (χ1n) is 6.17. The summed E-state index contributed by atoms with van der Waals surface area (Å²) in [6.45, 7) is 0.0779. The zero-order valence-corrected chi connectivity index (χ0v) is 11.3. The third-order valence-electron chi connectivity index (χ3n) is 2.85. The van der Waals surface area contributed by atoms with Gasteiger partial charge in [-0.3, -0.25) is 0 Å². The van der Waals surface area contributed by atoms with Crippen molar-refractivity contribution in [1.29, 1.82) is 0 Å². The number of anilines is 1. The molecule has 0 fully saturated rings. The van der Waals surface area contributed by atoms with E-state index in [0.29, 0.717) is 22.8 Å². The molecule has 0 aliphatic heterocycles. The molecule has 0 saturated heterocycles. The normalized spacial score (nSPS) is 11.6. The summed E-state index contributed by atoms with van der Waals surface area (Å²) in [5.41, 5.74) is 6.79. The first kappa shape index (κ1) is 15.1. The third-order valence-corrected chi connectivity index (χ3v) is 2.85. The van der Waals surface area contributed by atoms with Gasteiger partial charge in [0, 0.05) is 18.5 Å². The summed E-state index contributed by atoms with van der Waals surface area (Å²) in [5, 5.41) is 11.0. The molecule has 0 aliphatic carbocycles. The number of hydrogen-bond donors (Lipinski definition) is 1. The highest BCUT2D eigenvalue weighted by molar-refractivity contribution is 5.65. The van der Waals surface area contributed by atoms with Gasteiger partial charge in [0.25, 0.3) is 0 Å². The fourth-order valence-corrected chi connectivity index (χ4v) is 1.84. The van der Waals surface area contributed by atoms with Crippen LogP contribution in [0.25, 0.3) is 11.4 Å². The molecule has 6 nitrogen and oxygen atoms in total. The zero-order valence-electron chi connectivity index (χ0n) is 11.3. The Labute approximate surface area is 118 Å². The van der Waals surface area contributed by atoms with Crippen molar-refractivity contribution in [1.82, 2.24) is 20.2 Å². The van der Waals surface area contributed by atoms with Crippen molar-refractivity contribution in [2.24, 2.45) is 0 Å². The van der Waals surface area contributed by atoms with Crippen LogP contribution in [0.5, 0.6) is 5.75 Å². The van der Waals surface area contributed by atoms with E-state index in [1.54, 1.807) is 18.2 Å². The molecule has 0 amide bonds. The van der Waals surface area contributed by atoms with Gasteiger partial charge >= 0.3 is 6.18 Å². The van der Waals surface area contributed by atoms with Gasteiger partial charge in [0.1, 0.15) is 5.75 Å². The van der Waals surface area contributed by atoms with E-state index in [2.05, 4.69) is 15.5 Å². The van der Waals surface area contributed by atoms with Gasteiger partial charge in [-0.25, -0.2) is 4.68 Å². The molecule has 1 heterocycles. The van der Waals surface area contributed by atoms with Gasteiger partial charge in [0.15, 0.2) is 5.82 Å². The Balaban J connectivity index is 2.16. The Morgan fingerprint density at radius 1 is 1.33 bits per heavy atom. The predicted molar refractivity (Wildman–Crippen MR) is 69.5 cm³/mol. The summed E-state index contributed by atoms with van der Waals surface area (Å²) in [4.78, 5) is 0.